The van der Waals surface area contributed by atoms with E-state index in [1.807, 2.05) is 0 Å². The zero-order valence-corrected chi connectivity index (χ0v) is 9.39. The highest BCUT2D eigenvalue weighted by molar-refractivity contribution is 6.17. The molecule has 0 aromatic carbocycles. The highest BCUT2D eigenvalue weighted by Gasteiger charge is 1.87. The molecule has 0 aliphatic heterocycles. The molecule has 0 aromatic heterocycles. The second kappa shape index (κ2) is 11.9. The smallest absolute Gasteiger partial charge is 0.0598 e. The Morgan fingerprint density at radius 2 is 1.46 bits per heavy atom. The van der Waals surface area contributed by atoms with Crippen molar-refractivity contribution in [1.29, 1.82) is 0 Å². The summed E-state index contributed by atoms with van der Waals surface area (Å²) in [5.74, 6) is 0.790. The van der Waals surface area contributed by atoms with Crippen LogP contribution in [0.15, 0.2) is 10.2 Å². The molecule has 0 saturated carbocycles. The van der Waals surface area contributed by atoms with E-state index in [0.717, 1.165) is 38.2 Å². The molecular weight excluding hydrogens is 184 g/mol. The van der Waals surface area contributed by atoms with Gasteiger partial charge in [0.05, 0.1) is 13.1 Å². The van der Waals surface area contributed by atoms with Crippen molar-refractivity contribution < 1.29 is 0 Å². The van der Waals surface area contributed by atoms with Gasteiger partial charge in [0, 0.05) is 5.88 Å². The van der Waals surface area contributed by atoms with E-state index >= 15 is 0 Å². The van der Waals surface area contributed by atoms with Gasteiger partial charge in [0.2, 0.25) is 0 Å². The summed E-state index contributed by atoms with van der Waals surface area (Å²) in [5.41, 5.74) is 0. The normalized spacial score (nSPS) is 11.2. The Morgan fingerprint density at radius 1 is 0.846 bits per heavy atom. The molecule has 0 rings (SSSR count). The standard InChI is InChI=1S/C10H21ClN2/c1-2-3-9-12-13-10-7-5-4-6-8-11/h2-10H2,1H3. The lowest BCUT2D eigenvalue weighted by Gasteiger charge is -1.94. The third-order valence-electron chi connectivity index (χ3n) is 1.85. The number of unbranched alkanes of at least 4 members (excludes halogenated alkanes) is 4. The van der Waals surface area contributed by atoms with Gasteiger partial charge in [-0.25, -0.2) is 0 Å². The minimum Gasteiger partial charge on any atom is -0.194 e. The van der Waals surface area contributed by atoms with Crippen molar-refractivity contribution in [2.75, 3.05) is 19.0 Å². The Hall–Kier alpha value is -0.110. The van der Waals surface area contributed by atoms with E-state index in [0.29, 0.717) is 0 Å². The summed E-state index contributed by atoms with van der Waals surface area (Å²) in [4.78, 5) is 0. The molecule has 13 heavy (non-hydrogen) atoms. The highest BCUT2D eigenvalue weighted by atomic mass is 35.5. The van der Waals surface area contributed by atoms with Crippen LogP contribution in [-0.2, 0) is 0 Å². The lowest BCUT2D eigenvalue weighted by molar-refractivity contribution is 0.655. The van der Waals surface area contributed by atoms with Crippen LogP contribution in [0, 0.1) is 0 Å². The number of nitrogens with zero attached hydrogens (tertiary/aromatic N) is 2. The molecule has 0 aliphatic carbocycles. The SMILES string of the molecule is CCCCN=NCCCCCCCl. The zero-order valence-electron chi connectivity index (χ0n) is 8.64. The zero-order chi connectivity index (χ0) is 9.78. The van der Waals surface area contributed by atoms with Crippen molar-refractivity contribution in [1.82, 2.24) is 0 Å². The molecule has 0 N–H and O–H groups in total. The average molecular weight is 205 g/mol. The summed E-state index contributed by atoms with van der Waals surface area (Å²) >= 11 is 5.56. The topological polar surface area (TPSA) is 24.7 Å². The molecule has 0 saturated heterocycles. The summed E-state index contributed by atoms with van der Waals surface area (Å²) < 4.78 is 0. The lowest BCUT2D eigenvalue weighted by Crippen LogP contribution is -1.84. The third kappa shape index (κ3) is 11.9. The van der Waals surface area contributed by atoms with Crippen molar-refractivity contribution >= 4 is 11.6 Å². The fraction of sp³-hybridized carbons (Fsp3) is 1.00. The molecule has 0 atom stereocenters. The molecule has 2 nitrogen and oxygen atoms in total. The van der Waals surface area contributed by atoms with Crippen LogP contribution in [0.3, 0.4) is 0 Å². The predicted octanol–water partition coefficient (Wildman–Crippen LogP) is 4.04. The highest BCUT2D eigenvalue weighted by Crippen LogP contribution is 2.01. The first kappa shape index (κ1) is 12.9. The Kier molecular flexibility index (Phi) is 11.8. The third-order valence-corrected chi connectivity index (χ3v) is 2.12. The van der Waals surface area contributed by atoms with E-state index in [1.54, 1.807) is 0 Å². The van der Waals surface area contributed by atoms with Crippen molar-refractivity contribution in [3.8, 4) is 0 Å². The van der Waals surface area contributed by atoms with Crippen LogP contribution in [0.1, 0.15) is 45.4 Å². The van der Waals surface area contributed by atoms with Crippen LogP contribution in [-0.4, -0.2) is 19.0 Å². The maximum Gasteiger partial charge on any atom is 0.0598 e. The first-order valence-electron chi connectivity index (χ1n) is 5.31. The molecule has 0 amide bonds. The van der Waals surface area contributed by atoms with E-state index in [1.165, 1.54) is 19.3 Å². The Labute approximate surface area is 86.8 Å². The quantitative estimate of drug-likeness (QED) is 0.308. The van der Waals surface area contributed by atoms with Crippen molar-refractivity contribution in [3.63, 3.8) is 0 Å². The second-order valence-corrected chi connectivity index (χ2v) is 3.56. The summed E-state index contributed by atoms with van der Waals surface area (Å²) in [6.07, 6.45) is 7.12. The van der Waals surface area contributed by atoms with Gasteiger partial charge in [-0.2, -0.15) is 10.2 Å². The fourth-order valence-corrected chi connectivity index (χ4v) is 1.19. The Morgan fingerprint density at radius 3 is 2.08 bits per heavy atom. The Balaban J connectivity index is 2.93. The summed E-state index contributed by atoms with van der Waals surface area (Å²) in [7, 11) is 0. The first-order valence-corrected chi connectivity index (χ1v) is 5.84. The van der Waals surface area contributed by atoms with E-state index in [4.69, 9.17) is 11.6 Å². The van der Waals surface area contributed by atoms with Crippen LogP contribution < -0.4 is 0 Å². The second-order valence-electron chi connectivity index (χ2n) is 3.19. The summed E-state index contributed by atoms with van der Waals surface area (Å²) in [6, 6.07) is 0. The van der Waals surface area contributed by atoms with Gasteiger partial charge in [-0.05, 0) is 19.3 Å². The van der Waals surface area contributed by atoms with E-state index in [-0.39, 0.29) is 0 Å². The fourth-order valence-electron chi connectivity index (χ4n) is 1.00. The number of halogens is 1. The number of rotatable bonds is 9. The van der Waals surface area contributed by atoms with Gasteiger partial charge in [0.1, 0.15) is 0 Å². The molecule has 0 fully saturated rings. The van der Waals surface area contributed by atoms with Crippen LogP contribution in [0.2, 0.25) is 0 Å². The number of hydrogen-bond donors (Lipinski definition) is 0. The molecule has 78 valence electrons. The molecule has 0 heterocycles. The van der Waals surface area contributed by atoms with Crippen molar-refractivity contribution in [2.45, 2.75) is 45.4 Å². The van der Waals surface area contributed by atoms with E-state index in [9.17, 15) is 0 Å². The van der Waals surface area contributed by atoms with Crippen LogP contribution in [0.5, 0.6) is 0 Å². The minimum absolute atomic E-state index is 0.790. The molecule has 0 radical (unpaired) electrons. The molecule has 0 aromatic rings. The van der Waals surface area contributed by atoms with Gasteiger partial charge in [-0.3, -0.25) is 0 Å². The van der Waals surface area contributed by atoms with Gasteiger partial charge in [-0.15, -0.1) is 11.6 Å². The van der Waals surface area contributed by atoms with Crippen LogP contribution >= 0.6 is 11.6 Å². The van der Waals surface area contributed by atoms with Gasteiger partial charge < -0.3 is 0 Å². The molecule has 0 aliphatic rings. The largest absolute Gasteiger partial charge is 0.194 e. The van der Waals surface area contributed by atoms with Gasteiger partial charge in [0.25, 0.3) is 0 Å². The average Bonchev–Trinajstić information content (AvgIpc) is 2.16. The monoisotopic (exact) mass is 204 g/mol. The molecular formula is C10H21ClN2. The number of hydrogen-bond acceptors (Lipinski definition) is 2. The lowest BCUT2D eigenvalue weighted by atomic mass is 10.2. The van der Waals surface area contributed by atoms with Crippen molar-refractivity contribution in [3.05, 3.63) is 0 Å². The number of azo groups is 1. The molecule has 0 bridgehead atoms. The molecule has 0 unspecified atom stereocenters. The minimum atomic E-state index is 0.790. The van der Waals surface area contributed by atoms with E-state index in [2.05, 4.69) is 17.2 Å². The van der Waals surface area contributed by atoms with Gasteiger partial charge in [-0.1, -0.05) is 26.2 Å². The number of alkyl halides is 1. The van der Waals surface area contributed by atoms with E-state index < -0.39 is 0 Å². The Bertz CT molecular complexity index is 115. The maximum absolute atomic E-state index is 5.56. The van der Waals surface area contributed by atoms with Crippen LogP contribution in [0.4, 0.5) is 0 Å². The predicted molar refractivity (Wildman–Crippen MR) is 58.7 cm³/mol. The van der Waals surface area contributed by atoms with Gasteiger partial charge in [0.15, 0.2) is 0 Å². The summed E-state index contributed by atoms with van der Waals surface area (Å²) in [6.45, 7) is 3.96. The van der Waals surface area contributed by atoms with Crippen molar-refractivity contribution in [2.24, 2.45) is 10.2 Å². The first-order chi connectivity index (χ1) is 6.41. The van der Waals surface area contributed by atoms with Gasteiger partial charge >= 0.3 is 0 Å². The van der Waals surface area contributed by atoms with Crippen LogP contribution in [0.25, 0.3) is 0 Å². The molecule has 3 heteroatoms. The molecule has 0 spiro atoms. The maximum atomic E-state index is 5.56. The summed E-state index contributed by atoms with van der Waals surface area (Å²) in [5, 5.41) is 8.18.